The van der Waals surface area contributed by atoms with Crippen LogP contribution in [0.25, 0.3) is 11.2 Å². The van der Waals surface area contributed by atoms with Crippen LogP contribution in [0.2, 0.25) is 0 Å². The molecule has 0 aliphatic heterocycles. The number of aromatic nitrogens is 4. The Kier molecular flexibility index (Phi) is 14.4. The number of nitrogens with two attached hydrogens (primary N) is 1. The predicted octanol–water partition coefficient (Wildman–Crippen LogP) is 0.981. The number of rotatable bonds is 19. The van der Waals surface area contributed by atoms with Crippen molar-refractivity contribution in [1.82, 2.24) is 29.7 Å². The lowest BCUT2D eigenvalue weighted by molar-refractivity contribution is -0.143. The van der Waals surface area contributed by atoms with Crippen LogP contribution < -0.4 is 20.6 Å². The molecule has 2 aromatic heterocycles. The number of ether oxygens (including phenoxy) is 4. The third kappa shape index (κ3) is 10.6. The number of fused-ring (bicyclic) bond motifs is 1. The van der Waals surface area contributed by atoms with Gasteiger partial charge in [0.05, 0.1) is 40.4 Å². The zero-order valence-corrected chi connectivity index (χ0v) is 27.3. The first-order valence-electron chi connectivity index (χ1n) is 14.1. The van der Waals surface area contributed by atoms with Crippen molar-refractivity contribution >= 4 is 36.7 Å². The first-order valence-corrected chi connectivity index (χ1v) is 15.7. The van der Waals surface area contributed by atoms with Gasteiger partial charge >= 0.3 is 19.6 Å². The molecule has 250 valence electrons. The number of aliphatic hydroxyl groups excluding tert-OH is 2. The highest BCUT2D eigenvalue weighted by atomic mass is 31.2. The summed E-state index contributed by atoms with van der Waals surface area (Å²) in [7, 11) is -0.490. The fraction of sp³-hybridized carbons (Fsp3) is 0.731. The number of esters is 2. The molecule has 0 aliphatic carbocycles. The molecule has 0 fully saturated rings. The lowest BCUT2D eigenvalue weighted by Crippen LogP contribution is -2.46. The van der Waals surface area contributed by atoms with Gasteiger partial charge in [-0.05, 0) is 31.6 Å². The van der Waals surface area contributed by atoms with E-state index in [1.54, 1.807) is 0 Å². The zero-order valence-electron chi connectivity index (χ0n) is 26.4. The summed E-state index contributed by atoms with van der Waals surface area (Å²) in [5, 5.41) is 26.4. The molecular formula is C26H46N7O10P. The minimum atomic E-state index is -4.29. The van der Waals surface area contributed by atoms with Gasteiger partial charge in [0.1, 0.15) is 31.0 Å². The molecule has 2 heterocycles. The normalized spacial score (nSPS) is 16.7. The fourth-order valence-corrected chi connectivity index (χ4v) is 6.06. The minimum Gasteiger partial charge on any atom is -0.479 e. The highest BCUT2D eigenvalue weighted by molar-refractivity contribution is 7.54. The van der Waals surface area contributed by atoms with E-state index in [-0.39, 0.29) is 48.9 Å². The van der Waals surface area contributed by atoms with E-state index >= 15 is 0 Å². The van der Waals surface area contributed by atoms with Crippen LogP contribution in [0, 0.1) is 11.8 Å². The molecule has 0 aromatic carbocycles. The summed E-state index contributed by atoms with van der Waals surface area (Å²) >= 11 is 0. The Hall–Kier alpha value is -2.92. The second-order valence-electron chi connectivity index (χ2n) is 11.1. The zero-order chi connectivity index (χ0) is 33.2. The molecular weight excluding hydrogens is 601 g/mol. The molecule has 44 heavy (non-hydrogen) atoms. The number of anilines is 1. The molecule has 0 spiro atoms. The minimum absolute atomic E-state index is 0.0123. The lowest BCUT2D eigenvalue weighted by Gasteiger charge is -2.31. The number of nitrogens with zero attached hydrogens (tertiary/aromatic N) is 4. The van der Waals surface area contributed by atoms with Gasteiger partial charge in [0.15, 0.2) is 11.2 Å². The quantitative estimate of drug-likeness (QED) is 0.106. The van der Waals surface area contributed by atoms with Crippen molar-refractivity contribution in [2.75, 3.05) is 33.7 Å². The molecule has 18 heteroatoms. The number of nitrogen functional groups attached to an aromatic ring is 1. The average molecular weight is 648 g/mol. The summed E-state index contributed by atoms with van der Waals surface area (Å²) in [6.45, 7) is 7.99. The van der Waals surface area contributed by atoms with E-state index in [2.05, 4.69) is 25.1 Å². The molecule has 0 bridgehead atoms. The highest BCUT2D eigenvalue weighted by Crippen LogP contribution is 2.41. The van der Waals surface area contributed by atoms with Crippen molar-refractivity contribution in [2.24, 2.45) is 11.8 Å². The summed E-state index contributed by atoms with van der Waals surface area (Å²) in [5.41, 5.74) is 6.37. The Balaban J connectivity index is 2.40. The largest absolute Gasteiger partial charge is 0.479 e. The number of imidazole rings is 1. The Morgan fingerprint density at radius 1 is 0.977 bits per heavy atom. The topological polar surface area (TPSA) is 232 Å². The van der Waals surface area contributed by atoms with Crippen LogP contribution in [0.1, 0.15) is 47.5 Å². The van der Waals surface area contributed by atoms with Crippen LogP contribution in [0.5, 0.6) is 5.88 Å². The lowest BCUT2D eigenvalue weighted by atomic mass is 10.1. The van der Waals surface area contributed by atoms with Gasteiger partial charge in [0, 0.05) is 0 Å². The van der Waals surface area contributed by atoms with Gasteiger partial charge in [0.25, 0.3) is 0 Å². The molecule has 0 radical (unpaired) electrons. The molecule has 2 aromatic rings. The van der Waals surface area contributed by atoms with E-state index in [0.29, 0.717) is 5.52 Å². The van der Waals surface area contributed by atoms with Crippen LogP contribution in [-0.2, 0) is 39.6 Å². The Bertz CT molecular complexity index is 1240. The second kappa shape index (κ2) is 17.0. The first kappa shape index (κ1) is 37.3. The number of methoxy groups -OCH3 is 3. The van der Waals surface area contributed by atoms with E-state index in [1.807, 2.05) is 27.7 Å². The predicted molar refractivity (Wildman–Crippen MR) is 159 cm³/mol. The fourth-order valence-electron chi connectivity index (χ4n) is 4.23. The van der Waals surface area contributed by atoms with Crippen molar-refractivity contribution in [3.05, 3.63) is 6.33 Å². The number of hydrogen-bond acceptors (Lipinski definition) is 14. The number of aliphatic hydroxyl groups is 2. The summed E-state index contributed by atoms with van der Waals surface area (Å²) in [6.07, 6.45) is -2.21. The van der Waals surface area contributed by atoms with E-state index in [1.165, 1.54) is 39.1 Å². The average Bonchev–Trinajstić information content (AvgIpc) is 3.36. The molecule has 0 aliphatic rings. The standard InChI is InChI=1S/C26H46N7O10P/c1-14(2)9-17(24(36)40-7)31-44(38,32-18(10-15(3)4)25(37)41-8)43-11-19(21(35)16(5)34)42-13-33-12-28-20-22(33)29-26(27)30-23(20)39-6/h12,14-19,21,34-35H,9-11,13H2,1-8H3,(H2,27,29,30)(H2,31,32,38)/t16?,17?,18?,19-,21-,44?/m1/s1. The highest BCUT2D eigenvalue weighted by Gasteiger charge is 2.38. The Morgan fingerprint density at radius 2 is 1.52 bits per heavy atom. The molecule has 3 unspecified atom stereocenters. The van der Waals surface area contributed by atoms with E-state index in [9.17, 15) is 24.4 Å². The second-order valence-corrected chi connectivity index (χ2v) is 12.9. The summed E-state index contributed by atoms with van der Waals surface area (Å²) in [4.78, 5) is 37.6. The van der Waals surface area contributed by atoms with Crippen molar-refractivity contribution < 1.29 is 47.8 Å². The Labute approximate surface area is 256 Å². The third-order valence-corrected chi connectivity index (χ3v) is 8.22. The van der Waals surface area contributed by atoms with Crippen molar-refractivity contribution in [3.63, 3.8) is 0 Å². The molecule has 6 N–H and O–H groups in total. The number of carbonyl (C=O) groups is 2. The number of carbonyl (C=O) groups excluding carboxylic acids is 2. The molecule has 0 amide bonds. The van der Waals surface area contributed by atoms with Gasteiger partial charge in [-0.25, -0.2) is 15.2 Å². The molecule has 17 nitrogen and oxygen atoms in total. The molecule has 5 atom stereocenters. The van der Waals surface area contributed by atoms with Crippen LogP contribution in [0.4, 0.5) is 5.95 Å². The van der Waals surface area contributed by atoms with Gasteiger partial charge in [-0.15, -0.1) is 0 Å². The Morgan fingerprint density at radius 3 is 1.98 bits per heavy atom. The van der Waals surface area contributed by atoms with Crippen molar-refractivity contribution in [2.45, 2.75) is 84.6 Å². The maximum absolute atomic E-state index is 14.3. The van der Waals surface area contributed by atoms with Gasteiger partial charge in [0.2, 0.25) is 11.8 Å². The number of hydrogen-bond donors (Lipinski definition) is 5. The molecule has 0 saturated heterocycles. The number of nitrogens with one attached hydrogen (secondary N) is 2. The van der Waals surface area contributed by atoms with Crippen molar-refractivity contribution in [1.29, 1.82) is 0 Å². The van der Waals surface area contributed by atoms with Gasteiger partial charge < -0.3 is 39.4 Å². The summed E-state index contributed by atoms with van der Waals surface area (Å²) in [5.74, 6) is -1.33. The summed E-state index contributed by atoms with van der Waals surface area (Å²) in [6, 6.07) is -2.15. The van der Waals surface area contributed by atoms with Crippen LogP contribution in [0.15, 0.2) is 6.33 Å². The SMILES string of the molecule is COC(=O)C(CC(C)C)NP(=O)(NC(CC(C)C)C(=O)OC)OC[C@@H](OCn1cnc2c(OC)nc(N)nc21)[C@H](O)C(C)O. The van der Waals surface area contributed by atoms with Gasteiger partial charge in [-0.2, -0.15) is 9.97 Å². The monoisotopic (exact) mass is 647 g/mol. The van der Waals surface area contributed by atoms with Crippen LogP contribution in [0.3, 0.4) is 0 Å². The third-order valence-electron chi connectivity index (χ3n) is 6.40. The van der Waals surface area contributed by atoms with E-state index in [0.717, 1.165) is 0 Å². The first-order chi connectivity index (χ1) is 20.6. The van der Waals surface area contributed by atoms with Crippen LogP contribution in [-0.4, -0.2) is 100 Å². The van der Waals surface area contributed by atoms with Crippen molar-refractivity contribution in [3.8, 4) is 5.88 Å². The smallest absolute Gasteiger partial charge is 0.342 e. The summed E-state index contributed by atoms with van der Waals surface area (Å²) < 4.78 is 42.5. The van der Waals surface area contributed by atoms with E-state index < -0.39 is 56.6 Å². The maximum Gasteiger partial charge on any atom is 0.342 e. The molecule has 2 rings (SSSR count). The van der Waals surface area contributed by atoms with E-state index in [4.69, 9.17) is 29.2 Å². The maximum atomic E-state index is 14.3. The van der Waals surface area contributed by atoms with Gasteiger partial charge in [-0.3, -0.25) is 18.7 Å². The molecule has 0 saturated carbocycles. The van der Waals surface area contributed by atoms with Crippen LogP contribution >= 0.6 is 7.67 Å². The van der Waals surface area contributed by atoms with Gasteiger partial charge in [-0.1, -0.05) is 27.7 Å².